The van der Waals surface area contributed by atoms with Crippen LogP contribution in [0.5, 0.6) is 0 Å². The van der Waals surface area contributed by atoms with E-state index in [0.717, 1.165) is 25.9 Å². The fourth-order valence-electron chi connectivity index (χ4n) is 3.21. The quantitative estimate of drug-likeness (QED) is 0.681. The number of carbonyl (C=O) groups excluding carboxylic acids is 1. The molecule has 0 radical (unpaired) electrons. The van der Waals surface area contributed by atoms with Crippen LogP contribution >= 0.6 is 11.3 Å². The van der Waals surface area contributed by atoms with Crippen molar-refractivity contribution in [1.29, 1.82) is 0 Å². The molecule has 0 saturated carbocycles. The molecule has 0 aliphatic carbocycles. The summed E-state index contributed by atoms with van der Waals surface area (Å²) in [4.78, 5) is 16.3. The van der Waals surface area contributed by atoms with Crippen molar-refractivity contribution in [1.82, 2.24) is 15.0 Å². The van der Waals surface area contributed by atoms with Crippen LogP contribution in [0.15, 0.2) is 34.7 Å². The molecule has 2 aromatic rings. The molecule has 1 aromatic heterocycles. The number of aryl methyl sites for hydroxylation is 1. The Bertz CT molecular complexity index is 891. The van der Waals surface area contributed by atoms with Crippen molar-refractivity contribution in [3.63, 3.8) is 0 Å². The monoisotopic (exact) mass is 408 g/mol. The first-order valence-electron chi connectivity index (χ1n) is 8.91. The van der Waals surface area contributed by atoms with Gasteiger partial charge in [0.15, 0.2) is 5.01 Å². The predicted octanol–water partition coefficient (Wildman–Crippen LogP) is 2.37. The van der Waals surface area contributed by atoms with Gasteiger partial charge >= 0.3 is 0 Å². The molecule has 1 aliphatic heterocycles. The predicted molar refractivity (Wildman–Crippen MR) is 107 cm³/mol. The van der Waals surface area contributed by atoms with E-state index >= 15 is 0 Å². The van der Waals surface area contributed by atoms with Crippen LogP contribution in [0.2, 0.25) is 0 Å². The lowest BCUT2D eigenvalue weighted by molar-refractivity contribution is 0.102. The average Bonchev–Trinajstić information content (AvgIpc) is 3.18. The molecule has 7 nitrogen and oxygen atoms in total. The van der Waals surface area contributed by atoms with Gasteiger partial charge in [-0.05, 0) is 69.5 Å². The van der Waals surface area contributed by atoms with E-state index in [1.807, 2.05) is 6.92 Å². The third kappa shape index (κ3) is 4.92. The molecule has 0 unspecified atom stereocenters. The topological polar surface area (TPSA) is 100 Å². The Hall–Kier alpha value is -1.81. The Balaban J connectivity index is 1.70. The number of rotatable bonds is 6. The summed E-state index contributed by atoms with van der Waals surface area (Å²) < 4.78 is 28.3. The summed E-state index contributed by atoms with van der Waals surface area (Å²) >= 11 is 1.25. The van der Waals surface area contributed by atoms with Crippen molar-refractivity contribution in [2.24, 2.45) is 5.92 Å². The minimum atomic E-state index is -3.61. The highest BCUT2D eigenvalue weighted by Crippen LogP contribution is 2.23. The summed E-state index contributed by atoms with van der Waals surface area (Å²) in [5, 5.41) is 8.15. The summed E-state index contributed by atoms with van der Waals surface area (Å²) in [5.41, 5.74) is 1.25. The van der Waals surface area contributed by atoms with E-state index < -0.39 is 10.0 Å². The minimum absolute atomic E-state index is 0.123. The highest BCUT2D eigenvalue weighted by atomic mass is 32.2. The van der Waals surface area contributed by atoms with Gasteiger partial charge in [0, 0.05) is 23.3 Å². The van der Waals surface area contributed by atoms with Gasteiger partial charge in [-0.2, -0.15) is 0 Å². The molecule has 27 heavy (non-hydrogen) atoms. The third-order valence-electron chi connectivity index (χ3n) is 4.81. The van der Waals surface area contributed by atoms with Gasteiger partial charge in [-0.1, -0.05) is 0 Å². The smallest absolute Gasteiger partial charge is 0.284 e. The fourth-order valence-corrected chi connectivity index (χ4v) is 5.14. The second kappa shape index (κ2) is 8.47. The van der Waals surface area contributed by atoms with Gasteiger partial charge in [-0.3, -0.25) is 4.79 Å². The average molecular weight is 409 g/mol. The molecule has 1 aromatic carbocycles. The van der Waals surface area contributed by atoms with E-state index in [1.165, 1.54) is 17.4 Å². The lowest BCUT2D eigenvalue weighted by Gasteiger charge is -2.28. The van der Waals surface area contributed by atoms with Crippen molar-refractivity contribution in [3.8, 4) is 0 Å². The number of thiazole rings is 1. The molecule has 146 valence electrons. The number of aromatic nitrogens is 1. The zero-order chi connectivity index (χ0) is 19.4. The first-order chi connectivity index (χ1) is 12.9. The second-order valence-electron chi connectivity index (χ2n) is 6.77. The van der Waals surface area contributed by atoms with E-state index in [1.54, 1.807) is 30.6 Å². The number of benzene rings is 1. The third-order valence-corrected chi connectivity index (χ3v) is 7.14. The molecule has 1 saturated heterocycles. The minimum Gasteiger partial charge on any atom is -0.320 e. The van der Waals surface area contributed by atoms with Crippen molar-refractivity contribution < 1.29 is 13.2 Å². The van der Waals surface area contributed by atoms with Crippen molar-refractivity contribution in [2.45, 2.75) is 37.6 Å². The highest BCUT2D eigenvalue weighted by Gasteiger charge is 2.25. The number of anilines is 1. The van der Waals surface area contributed by atoms with Crippen LogP contribution in [-0.2, 0) is 10.0 Å². The van der Waals surface area contributed by atoms with Gasteiger partial charge < -0.3 is 10.6 Å². The van der Waals surface area contributed by atoms with Crippen LogP contribution < -0.4 is 15.4 Å². The summed E-state index contributed by atoms with van der Waals surface area (Å²) in [7, 11) is -3.61. The van der Waals surface area contributed by atoms with Gasteiger partial charge in [0.1, 0.15) is 0 Å². The number of nitrogens with zero attached hydrogens (tertiary/aromatic N) is 1. The first-order valence-corrected chi connectivity index (χ1v) is 11.3. The number of carbonyl (C=O) groups is 1. The van der Waals surface area contributed by atoms with Crippen LogP contribution in [-0.4, -0.2) is 38.4 Å². The number of nitrogens with one attached hydrogen (secondary N) is 3. The Morgan fingerprint density at radius 3 is 2.70 bits per heavy atom. The molecule has 1 fully saturated rings. The summed E-state index contributed by atoms with van der Waals surface area (Å²) in [6, 6.07) is 4.59. The first kappa shape index (κ1) is 19.9. The highest BCUT2D eigenvalue weighted by molar-refractivity contribution is 7.89. The number of piperidine rings is 1. The van der Waals surface area contributed by atoms with Crippen molar-refractivity contribution in [3.05, 3.63) is 40.3 Å². The normalized spacial score (nSPS) is 16.8. The Kier molecular flexibility index (Phi) is 6.25. The molecular weight excluding hydrogens is 384 g/mol. The number of hydrogen-bond acceptors (Lipinski definition) is 6. The zero-order valence-corrected chi connectivity index (χ0v) is 17.0. The maximum Gasteiger partial charge on any atom is 0.284 e. The second-order valence-corrected chi connectivity index (χ2v) is 9.37. The van der Waals surface area contributed by atoms with Gasteiger partial charge in [0.2, 0.25) is 10.0 Å². The maximum absolute atomic E-state index is 12.7. The fraction of sp³-hybridized carbons (Fsp3) is 0.444. The molecule has 1 aliphatic rings. The van der Waals surface area contributed by atoms with E-state index in [-0.39, 0.29) is 16.8 Å². The van der Waals surface area contributed by atoms with E-state index in [9.17, 15) is 13.2 Å². The SMILES string of the molecule is Cc1cc(S(=O)(=O)N[C@H](C)C2CCNCC2)ccc1NC(=O)c1nccs1. The molecule has 1 amide bonds. The Morgan fingerprint density at radius 1 is 1.33 bits per heavy atom. The molecule has 1 atom stereocenters. The number of amides is 1. The van der Waals surface area contributed by atoms with Crippen LogP contribution in [0.1, 0.15) is 35.1 Å². The molecule has 3 rings (SSSR count). The van der Waals surface area contributed by atoms with Crippen LogP contribution in [0.25, 0.3) is 0 Å². The van der Waals surface area contributed by atoms with Crippen LogP contribution in [0.4, 0.5) is 5.69 Å². The zero-order valence-electron chi connectivity index (χ0n) is 15.4. The summed E-state index contributed by atoms with van der Waals surface area (Å²) in [5.74, 6) is 0.0281. The number of hydrogen-bond donors (Lipinski definition) is 3. The number of sulfonamides is 1. The standard InChI is InChI=1S/C18H24N4O3S2/c1-12-11-15(3-4-16(12)21-17(23)18-20-9-10-26-18)27(24,25)22-13(2)14-5-7-19-8-6-14/h3-4,9-11,13-14,19,22H,5-8H2,1-2H3,(H,21,23)/t13-/m1/s1. The van der Waals surface area contributed by atoms with Gasteiger partial charge in [0.25, 0.3) is 5.91 Å². The van der Waals surface area contributed by atoms with E-state index in [0.29, 0.717) is 22.2 Å². The largest absolute Gasteiger partial charge is 0.320 e. The van der Waals surface area contributed by atoms with Crippen LogP contribution in [0.3, 0.4) is 0 Å². The Morgan fingerprint density at radius 2 is 2.07 bits per heavy atom. The molecular formula is C18H24N4O3S2. The lowest BCUT2D eigenvalue weighted by atomic mass is 9.92. The van der Waals surface area contributed by atoms with Gasteiger partial charge in [-0.15, -0.1) is 11.3 Å². The summed E-state index contributed by atoms with van der Waals surface area (Å²) in [6.45, 7) is 5.53. The molecule has 0 spiro atoms. The maximum atomic E-state index is 12.7. The molecule has 3 N–H and O–H groups in total. The van der Waals surface area contributed by atoms with Crippen molar-refractivity contribution >= 4 is 33.0 Å². The van der Waals surface area contributed by atoms with Gasteiger partial charge in [0.05, 0.1) is 4.90 Å². The summed E-state index contributed by atoms with van der Waals surface area (Å²) in [6.07, 6.45) is 3.49. The lowest BCUT2D eigenvalue weighted by Crippen LogP contribution is -2.42. The van der Waals surface area contributed by atoms with Crippen molar-refractivity contribution in [2.75, 3.05) is 18.4 Å². The Labute approximate surface area is 163 Å². The molecule has 2 heterocycles. The molecule has 0 bridgehead atoms. The van der Waals surface area contributed by atoms with E-state index in [4.69, 9.17) is 0 Å². The molecule has 9 heteroatoms. The van der Waals surface area contributed by atoms with Gasteiger partial charge in [-0.25, -0.2) is 18.1 Å². The van der Waals surface area contributed by atoms with Crippen LogP contribution in [0, 0.1) is 12.8 Å². The van der Waals surface area contributed by atoms with E-state index in [2.05, 4.69) is 20.3 Å².